The monoisotopic (exact) mass is 717 g/mol. The normalized spacial score (nSPS) is 23.9. The molecule has 53 heavy (non-hydrogen) atoms. The summed E-state index contributed by atoms with van der Waals surface area (Å²) >= 11 is 0. The number of rotatable bonds is 7. The number of nitriles is 1. The van der Waals surface area contributed by atoms with Crippen LogP contribution < -0.4 is 16.3 Å². The second-order valence-electron chi connectivity index (χ2n) is 14.6. The number of imide groups is 1. The third kappa shape index (κ3) is 6.61. The fourth-order valence-electron chi connectivity index (χ4n) is 8.57. The Kier molecular flexibility index (Phi) is 9.11. The molecule has 14 heteroatoms. The van der Waals surface area contributed by atoms with Crippen LogP contribution in [0.3, 0.4) is 0 Å². The first-order chi connectivity index (χ1) is 25.7. The van der Waals surface area contributed by atoms with E-state index in [0.29, 0.717) is 35.6 Å². The first-order valence-electron chi connectivity index (χ1n) is 18.2. The highest BCUT2D eigenvalue weighted by molar-refractivity contribution is 6.04. The minimum atomic E-state index is -1.11. The van der Waals surface area contributed by atoms with E-state index in [1.807, 2.05) is 47.3 Å². The van der Waals surface area contributed by atoms with Crippen molar-refractivity contribution in [1.29, 1.82) is 5.26 Å². The molecule has 8 rings (SSSR count). The molecule has 5 heterocycles. The number of aryl methyl sites for hydroxylation is 1. The van der Waals surface area contributed by atoms with Crippen molar-refractivity contribution in [3.63, 3.8) is 0 Å². The van der Waals surface area contributed by atoms with Crippen molar-refractivity contribution in [2.24, 2.45) is 13.0 Å². The summed E-state index contributed by atoms with van der Waals surface area (Å²) in [7, 11) is 1.66. The molecule has 0 spiro atoms. The summed E-state index contributed by atoms with van der Waals surface area (Å²) in [6, 6.07) is 17.3. The molecule has 1 unspecified atom stereocenters. The van der Waals surface area contributed by atoms with Crippen LogP contribution in [0.2, 0.25) is 0 Å². The van der Waals surface area contributed by atoms with Crippen LogP contribution >= 0.6 is 0 Å². The van der Waals surface area contributed by atoms with E-state index in [1.54, 1.807) is 31.3 Å². The number of carbonyl (C=O) groups is 3. The number of likely N-dealkylation sites (tertiary alicyclic amines) is 1. The van der Waals surface area contributed by atoms with Crippen molar-refractivity contribution in [2.75, 3.05) is 25.0 Å². The highest BCUT2D eigenvalue weighted by atomic mass is 19.1. The maximum Gasteiger partial charge on any atom is 0.329 e. The average Bonchev–Trinajstić information content (AvgIpc) is 3.70. The molecule has 5 aromatic rings. The van der Waals surface area contributed by atoms with E-state index in [9.17, 15) is 19.2 Å². The van der Waals surface area contributed by atoms with Gasteiger partial charge in [0, 0.05) is 49.7 Å². The van der Waals surface area contributed by atoms with Gasteiger partial charge in [-0.15, -0.1) is 0 Å². The number of halogens is 1. The van der Waals surface area contributed by atoms with Crippen molar-refractivity contribution in [2.45, 2.75) is 69.1 Å². The van der Waals surface area contributed by atoms with E-state index < -0.39 is 18.1 Å². The number of carbonyl (C=O) groups excluding carboxylic acids is 3. The smallest absolute Gasteiger partial charge is 0.321 e. The van der Waals surface area contributed by atoms with Crippen LogP contribution in [0.5, 0.6) is 0 Å². The Balaban J connectivity index is 0.878. The standard InChI is InChI=1S/C39H40FN9O4/c1-46-36-29(5-3-7-33(36)49(39(46)53)34-14-15-35(50)44-38(34)52)28-16-17-47(22-30(28)40)20-23-8-11-27(12-9-23)48-21-24-18-25(10-13-31(24)45-48)43-37(51)32-6-2-4-26(19-41)42-32/h2-7,10,13,18,21,23,27-28,30,34H,8-9,11-12,14-17,20,22H2,1H3,(H,43,51)(H,44,50,52)/t23-,27-,28-,30+,34?/m0/s1. The quantitative estimate of drug-likeness (QED) is 0.228. The summed E-state index contributed by atoms with van der Waals surface area (Å²) in [5, 5.41) is 20.1. The van der Waals surface area contributed by atoms with Crippen molar-refractivity contribution in [3.05, 3.63) is 88.2 Å². The van der Waals surface area contributed by atoms with Crippen LogP contribution in [0.15, 0.2) is 65.6 Å². The van der Waals surface area contributed by atoms with E-state index in [2.05, 4.69) is 20.5 Å². The number of hydrogen-bond donors (Lipinski definition) is 2. The molecule has 3 atom stereocenters. The number of fused-ring (bicyclic) bond motifs is 2. The lowest BCUT2D eigenvalue weighted by Gasteiger charge is -2.38. The molecule has 2 saturated heterocycles. The summed E-state index contributed by atoms with van der Waals surface area (Å²) in [6.07, 6.45) is 5.93. The van der Waals surface area contributed by atoms with Crippen molar-refractivity contribution in [3.8, 4) is 6.07 Å². The molecule has 1 aliphatic carbocycles. The molecule has 3 aromatic heterocycles. The number of benzene rings is 2. The number of alkyl halides is 1. The van der Waals surface area contributed by atoms with Crippen LogP contribution in [-0.4, -0.2) is 72.3 Å². The summed E-state index contributed by atoms with van der Waals surface area (Å²) in [6.45, 7) is 1.92. The topological polar surface area (TPSA) is 160 Å². The molecule has 0 bridgehead atoms. The van der Waals surface area contributed by atoms with E-state index >= 15 is 4.39 Å². The molecular weight excluding hydrogens is 677 g/mol. The summed E-state index contributed by atoms with van der Waals surface area (Å²) in [5.74, 6) is -1.13. The van der Waals surface area contributed by atoms with Gasteiger partial charge < -0.3 is 10.2 Å². The van der Waals surface area contributed by atoms with Crippen molar-refractivity contribution in [1.82, 2.24) is 34.1 Å². The first-order valence-corrected chi connectivity index (χ1v) is 18.2. The molecule has 2 aliphatic heterocycles. The number of amides is 3. The van der Waals surface area contributed by atoms with Gasteiger partial charge in [-0.05, 0) is 92.9 Å². The number of imidazole rings is 1. The molecular formula is C39H40FN9O4. The fraction of sp³-hybridized carbons (Fsp3) is 0.410. The van der Waals surface area contributed by atoms with Gasteiger partial charge in [0.25, 0.3) is 5.91 Å². The fourth-order valence-corrected chi connectivity index (χ4v) is 8.57. The molecule has 2 N–H and O–H groups in total. The largest absolute Gasteiger partial charge is 0.329 e. The highest BCUT2D eigenvalue weighted by Gasteiger charge is 2.36. The lowest BCUT2D eigenvalue weighted by Crippen LogP contribution is -2.44. The number of piperidine rings is 2. The molecule has 3 aliphatic rings. The Labute approximate surface area is 304 Å². The number of hydrogen-bond acceptors (Lipinski definition) is 8. The van der Waals surface area contributed by atoms with Gasteiger partial charge >= 0.3 is 5.69 Å². The highest BCUT2D eigenvalue weighted by Crippen LogP contribution is 2.38. The van der Waals surface area contributed by atoms with Gasteiger partial charge in [-0.25, -0.2) is 14.2 Å². The van der Waals surface area contributed by atoms with Gasteiger partial charge in [-0.1, -0.05) is 18.2 Å². The van der Waals surface area contributed by atoms with Gasteiger partial charge in [-0.3, -0.25) is 33.5 Å². The van der Waals surface area contributed by atoms with Crippen LogP contribution in [0, 0.1) is 17.2 Å². The zero-order valence-electron chi connectivity index (χ0n) is 29.4. The minimum absolute atomic E-state index is 0.163. The Morgan fingerprint density at radius 2 is 1.85 bits per heavy atom. The van der Waals surface area contributed by atoms with E-state index in [1.165, 1.54) is 9.13 Å². The molecule has 3 fully saturated rings. The second-order valence-corrected chi connectivity index (χ2v) is 14.6. The van der Waals surface area contributed by atoms with Crippen LogP contribution in [0.25, 0.3) is 21.9 Å². The average molecular weight is 718 g/mol. The molecule has 0 radical (unpaired) electrons. The number of nitrogens with zero attached hydrogens (tertiary/aromatic N) is 7. The predicted octanol–water partition coefficient (Wildman–Crippen LogP) is 4.75. The SMILES string of the molecule is Cn1c(=O)n(C2CCC(=O)NC2=O)c2cccc([C@@H]3CCN(C[C@H]4CC[C@H](n5cc6cc(NC(=O)c7cccc(C#N)n7)ccc6n5)CC4)C[C@H]3F)c21. The lowest BCUT2D eigenvalue weighted by atomic mass is 9.83. The Morgan fingerprint density at radius 1 is 1.04 bits per heavy atom. The third-order valence-electron chi connectivity index (χ3n) is 11.3. The third-order valence-corrected chi connectivity index (χ3v) is 11.3. The predicted molar refractivity (Wildman–Crippen MR) is 195 cm³/mol. The summed E-state index contributed by atoms with van der Waals surface area (Å²) < 4.78 is 21.1. The number of anilines is 1. The maximum absolute atomic E-state index is 16.1. The van der Waals surface area contributed by atoms with E-state index in [-0.39, 0.29) is 53.7 Å². The number of para-hydroxylation sites is 1. The lowest BCUT2D eigenvalue weighted by molar-refractivity contribution is -0.135. The number of pyridine rings is 1. The molecule has 272 valence electrons. The Hall–Kier alpha value is -5.68. The van der Waals surface area contributed by atoms with Gasteiger partial charge in [0.15, 0.2) is 0 Å². The Bertz CT molecular complexity index is 2350. The van der Waals surface area contributed by atoms with Gasteiger partial charge in [0.2, 0.25) is 11.8 Å². The molecule has 13 nitrogen and oxygen atoms in total. The van der Waals surface area contributed by atoms with Crippen molar-refractivity contribution >= 4 is 45.3 Å². The summed E-state index contributed by atoms with van der Waals surface area (Å²) in [4.78, 5) is 56.9. The molecule has 1 saturated carbocycles. The molecule has 2 aromatic carbocycles. The van der Waals surface area contributed by atoms with Gasteiger partial charge in [-0.2, -0.15) is 10.4 Å². The van der Waals surface area contributed by atoms with Gasteiger partial charge in [0.1, 0.15) is 29.7 Å². The Morgan fingerprint density at radius 3 is 2.62 bits per heavy atom. The maximum atomic E-state index is 16.1. The van der Waals surface area contributed by atoms with Crippen LogP contribution in [0.1, 0.15) is 84.7 Å². The van der Waals surface area contributed by atoms with E-state index in [4.69, 9.17) is 10.4 Å². The molecule has 3 amide bonds. The van der Waals surface area contributed by atoms with Gasteiger partial charge in [0.05, 0.1) is 22.6 Å². The zero-order valence-corrected chi connectivity index (χ0v) is 29.4. The van der Waals surface area contributed by atoms with E-state index in [0.717, 1.165) is 55.2 Å². The second kappa shape index (κ2) is 14.0. The number of aromatic nitrogens is 5. The van der Waals surface area contributed by atoms with Crippen LogP contribution in [-0.2, 0) is 16.6 Å². The zero-order chi connectivity index (χ0) is 36.8. The minimum Gasteiger partial charge on any atom is -0.321 e. The van der Waals surface area contributed by atoms with Crippen LogP contribution in [0.4, 0.5) is 10.1 Å². The van der Waals surface area contributed by atoms with Crippen molar-refractivity contribution < 1.29 is 18.8 Å². The number of nitrogens with one attached hydrogen (secondary N) is 2. The first kappa shape index (κ1) is 34.4. The summed E-state index contributed by atoms with van der Waals surface area (Å²) in [5.41, 5.74) is 3.49.